The van der Waals surface area contributed by atoms with Gasteiger partial charge in [0.2, 0.25) is 0 Å². The van der Waals surface area contributed by atoms with E-state index in [2.05, 4.69) is 42.0 Å². The molecule has 0 saturated carbocycles. The fourth-order valence-electron chi connectivity index (χ4n) is 5.66. The molecule has 0 aromatic heterocycles. The molecule has 162 valence electrons. The van der Waals surface area contributed by atoms with Gasteiger partial charge in [0.25, 0.3) is 0 Å². The van der Waals surface area contributed by atoms with Crippen molar-refractivity contribution in [3.8, 4) is 5.75 Å². The number of ether oxygens (including phenoxy) is 1. The van der Waals surface area contributed by atoms with E-state index in [9.17, 15) is 9.50 Å². The van der Waals surface area contributed by atoms with E-state index in [1.807, 2.05) is 12.1 Å². The molecule has 4 nitrogen and oxygen atoms in total. The predicted molar refractivity (Wildman–Crippen MR) is 118 cm³/mol. The van der Waals surface area contributed by atoms with Crippen LogP contribution in [0.2, 0.25) is 0 Å². The first-order chi connectivity index (χ1) is 14.5. The quantitative estimate of drug-likeness (QED) is 0.757. The first-order valence-electron chi connectivity index (χ1n) is 10.9. The van der Waals surface area contributed by atoms with Gasteiger partial charge < -0.3 is 14.7 Å². The third-order valence-electron chi connectivity index (χ3n) is 7.31. The molecule has 0 amide bonds. The van der Waals surface area contributed by atoms with Gasteiger partial charge in [0, 0.05) is 30.6 Å². The summed E-state index contributed by atoms with van der Waals surface area (Å²) in [6.45, 7) is 5.08. The molecular weight excluding hydrogens is 379 g/mol. The van der Waals surface area contributed by atoms with Crippen molar-refractivity contribution in [1.29, 1.82) is 0 Å². The third-order valence-corrected chi connectivity index (χ3v) is 7.31. The highest BCUT2D eigenvalue weighted by atomic mass is 19.1. The molecule has 2 aromatic rings. The number of halogens is 1. The number of fused-ring (bicyclic) bond motifs is 4. The summed E-state index contributed by atoms with van der Waals surface area (Å²) < 4.78 is 18.8. The summed E-state index contributed by atoms with van der Waals surface area (Å²) in [5.41, 5.74) is 3.92. The standard InChI is InChI=1S/C25H33FN2O2/c1-25-11-13-27(2)23(16-19-6-9-21(30-3)17-22(19)25)24(25)28(14-15-29)12-10-18-4-7-20(26)8-5-18/h4-9,17,23-24,29H,10-16H2,1-3H3/t23-,24-,25?/m1/s1. The molecule has 3 atom stereocenters. The Morgan fingerprint density at radius 3 is 2.67 bits per heavy atom. The molecule has 1 unspecified atom stereocenters. The summed E-state index contributed by atoms with van der Waals surface area (Å²) in [5, 5.41) is 9.87. The van der Waals surface area contributed by atoms with Gasteiger partial charge >= 0.3 is 0 Å². The van der Waals surface area contributed by atoms with Crippen molar-refractivity contribution >= 4 is 0 Å². The Bertz CT molecular complexity index is 872. The van der Waals surface area contributed by atoms with Crippen LogP contribution in [-0.2, 0) is 18.3 Å². The lowest BCUT2D eigenvalue weighted by Gasteiger charge is -2.58. The Hall–Kier alpha value is -1.95. The minimum absolute atomic E-state index is 0.00271. The van der Waals surface area contributed by atoms with Crippen molar-refractivity contribution in [1.82, 2.24) is 9.80 Å². The SMILES string of the molecule is COc1ccc2c(c1)C1(C)CCN(C)[C@H](C2)[C@H]1N(CCO)CCc1ccc(F)cc1. The van der Waals surface area contributed by atoms with Crippen LogP contribution in [0.1, 0.15) is 30.0 Å². The highest BCUT2D eigenvalue weighted by Crippen LogP contribution is 2.47. The molecule has 1 saturated heterocycles. The molecule has 30 heavy (non-hydrogen) atoms. The molecular formula is C25H33FN2O2. The van der Waals surface area contributed by atoms with E-state index in [0.29, 0.717) is 18.6 Å². The summed E-state index contributed by atoms with van der Waals surface area (Å²) in [6.07, 6.45) is 2.92. The smallest absolute Gasteiger partial charge is 0.123 e. The van der Waals surface area contributed by atoms with Crippen molar-refractivity contribution in [2.45, 2.75) is 43.7 Å². The number of rotatable bonds is 7. The summed E-state index contributed by atoms with van der Waals surface area (Å²) in [6, 6.07) is 14.0. The lowest BCUT2D eigenvalue weighted by molar-refractivity contribution is -0.0149. The van der Waals surface area contributed by atoms with E-state index >= 15 is 0 Å². The van der Waals surface area contributed by atoms with Gasteiger partial charge in [-0.25, -0.2) is 4.39 Å². The van der Waals surface area contributed by atoms with Crippen LogP contribution in [-0.4, -0.2) is 67.4 Å². The van der Waals surface area contributed by atoms with Gasteiger partial charge in [-0.3, -0.25) is 4.90 Å². The summed E-state index contributed by atoms with van der Waals surface area (Å²) in [4.78, 5) is 4.95. The second-order valence-electron chi connectivity index (χ2n) is 9.02. The lowest BCUT2D eigenvalue weighted by atomic mass is 9.61. The van der Waals surface area contributed by atoms with Crippen LogP contribution >= 0.6 is 0 Å². The van der Waals surface area contributed by atoms with Crippen LogP contribution in [0, 0.1) is 5.82 Å². The van der Waals surface area contributed by atoms with Gasteiger partial charge in [0.15, 0.2) is 0 Å². The minimum Gasteiger partial charge on any atom is -0.497 e. The first-order valence-corrected chi connectivity index (χ1v) is 10.9. The molecule has 5 heteroatoms. The Kier molecular flexibility index (Phi) is 6.14. The van der Waals surface area contributed by atoms with Crippen LogP contribution < -0.4 is 4.74 Å². The van der Waals surface area contributed by atoms with Gasteiger partial charge in [-0.15, -0.1) is 0 Å². The molecule has 1 aliphatic heterocycles. The molecule has 2 aliphatic rings. The molecule has 1 fully saturated rings. The predicted octanol–water partition coefficient (Wildman–Crippen LogP) is 3.26. The highest BCUT2D eigenvalue weighted by Gasteiger charge is 2.52. The summed E-state index contributed by atoms with van der Waals surface area (Å²) in [7, 11) is 3.95. The van der Waals surface area contributed by atoms with E-state index in [-0.39, 0.29) is 17.8 Å². The van der Waals surface area contributed by atoms with E-state index in [4.69, 9.17) is 4.74 Å². The molecule has 1 aliphatic carbocycles. The number of methoxy groups -OCH3 is 1. The topological polar surface area (TPSA) is 35.9 Å². The lowest BCUT2D eigenvalue weighted by Crippen LogP contribution is -2.67. The molecule has 1 heterocycles. The first kappa shape index (κ1) is 21.3. The van der Waals surface area contributed by atoms with E-state index in [1.54, 1.807) is 7.11 Å². The number of benzene rings is 2. The average Bonchev–Trinajstić information content (AvgIpc) is 2.75. The van der Waals surface area contributed by atoms with Crippen molar-refractivity contribution in [2.24, 2.45) is 0 Å². The number of nitrogens with zero attached hydrogens (tertiary/aromatic N) is 2. The maximum absolute atomic E-state index is 13.3. The number of hydrogen-bond acceptors (Lipinski definition) is 4. The zero-order valence-electron chi connectivity index (χ0n) is 18.3. The minimum atomic E-state index is -0.201. The number of aliphatic hydroxyl groups excluding tert-OH is 1. The molecule has 4 rings (SSSR count). The zero-order valence-corrected chi connectivity index (χ0v) is 18.3. The second kappa shape index (κ2) is 8.66. The fourth-order valence-corrected chi connectivity index (χ4v) is 5.66. The Morgan fingerprint density at radius 1 is 1.20 bits per heavy atom. The van der Waals surface area contributed by atoms with Crippen molar-refractivity contribution in [3.63, 3.8) is 0 Å². The summed E-state index contributed by atoms with van der Waals surface area (Å²) in [5.74, 6) is 0.707. The van der Waals surface area contributed by atoms with Crippen LogP contribution in [0.4, 0.5) is 4.39 Å². The van der Waals surface area contributed by atoms with Crippen LogP contribution in [0.3, 0.4) is 0 Å². The highest BCUT2D eigenvalue weighted by molar-refractivity contribution is 5.46. The summed E-state index contributed by atoms with van der Waals surface area (Å²) >= 11 is 0. The molecule has 1 N–H and O–H groups in total. The number of piperidine rings is 1. The average molecular weight is 413 g/mol. The maximum Gasteiger partial charge on any atom is 0.123 e. The Balaban J connectivity index is 1.67. The van der Waals surface area contributed by atoms with Gasteiger partial charge in [-0.1, -0.05) is 25.1 Å². The normalized spacial score (nSPS) is 25.9. The van der Waals surface area contributed by atoms with Crippen molar-refractivity contribution in [2.75, 3.05) is 40.4 Å². The van der Waals surface area contributed by atoms with E-state index in [1.165, 1.54) is 23.3 Å². The van der Waals surface area contributed by atoms with Crippen molar-refractivity contribution in [3.05, 3.63) is 65.0 Å². The van der Waals surface area contributed by atoms with Gasteiger partial charge in [-0.2, -0.15) is 0 Å². The maximum atomic E-state index is 13.3. The van der Waals surface area contributed by atoms with Crippen LogP contribution in [0.15, 0.2) is 42.5 Å². The Morgan fingerprint density at radius 2 is 1.97 bits per heavy atom. The van der Waals surface area contributed by atoms with Gasteiger partial charge in [-0.05, 0) is 73.8 Å². The molecule has 2 aromatic carbocycles. The fraction of sp³-hybridized carbons (Fsp3) is 0.520. The Labute approximate surface area is 179 Å². The third kappa shape index (κ3) is 3.86. The van der Waals surface area contributed by atoms with E-state index in [0.717, 1.165) is 43.7 Å². The number of hydrogen-bond donors (Lipinski definition) is 1. The van der Waals surface area contributed by atoms with Crippen LogP contribution in [0.25, 0.3) is 0 Å². The zero-order chi connectivity index (χ0) is 21.3. The number of likely N-dealkylation sites (tertiary alicyclic amines) is 1. The molecule has 0 radical (unpaired) electrons. The van der Waals surface area contributed by atoms with Crippen LogP contribution in [0.5, 0.6) is 5.75 Å². The van der Waals surface area contributed by atoms with Crippen molar-refractivity contribution < 1.29 is 14.2 Å². The monoisotopic (exact) mass is 412 g/mol. The van der Waals surface area contributed by atoms with Gasteiger partial charge in [0.05, 0.1) is 13.7 Å². The largest absolute Gasteiger partial charge is 0.497 e. The number of likely N-dealkylation sites (N-methyl/N-ethyl adjacent to an activating group) is 1. The van der Waals surface area contributed by atoms with E-state index < -0.39 is 0 Å². The molecule has 2 bridgehead atoms. The molecule has 0 spiro atoms. The number of aliphatic hydroxyl groups is 1. The van der Waals surface area contributed by atoms with Gasteiger partial charge in [0.1, 0.15) is 11.6 Å². The second-order valence-corrected chi connectivity index (χ2v) is 9.02.